The number of likely N-dealkylation sites (N-methyl/N-ethyl adjacent to an activating group) is 1. The summed E-state index contributed by atoms with van der Waals surface area (Å²) in [6.07, 6.45) is 3.63. The fourth-order valence-corrected chi connectivity index (χ4v) is 3.13. The highest BCUT2D eigenvalue weighted by Crippen LogP contribution is 2.25. The van der Waals surface area contributed by atoms with Gasteiger partial charge in [0.25, 0.3) is 0 Å². The first kappa shape index (κ1) is 20.9. The molecule has 136 valence electrons. The van der Waals surface area contributed by atoms with Crippen molar-refractivity contribution < 1.29 is 9.18 Å². The minimum absolute atomic E-state index is 0. The molecule has 1 aromatic rings. The zero-order valence-corrected chi connectivity index (χ0v) is 15.4. The van der Waals surface area contributed by atoms with Gasteiger partial charge in [0.15, 0.2) is 0 Å². The van der Waals surface area contributed by atoms with E-state index < -0.39 is 0 Å². The molecule has 1 amide bonds. The van der Waals surface area contributed by atoms with Crippen LogP contribution in [0.1, 0.15) is 31.2 Å². The van der Waals surface area contributed by atoms with Crippen LogP contribution >= 0.6 is 12.4 Å². The molecule has 1 fully saturated rings. The van der Waals surface area contributed by atoms with Crippen molar-refractivity contribution in [3.63, 3.8) is 0 Å². The lowest BCUT2D eigenvalue weighted by Crippen LogP contribution is -2.43. The smallest absolute Gasteiger partial charge is 0.226 e. The fourth-order valence-electron chi connectivity index (χ4n) is 3.13. The monoisotopic (exact) mass is 357 g/mol. The average Bonchev–Trinajstić information content (AvgIpc) is 2.52. The first-order valence-electron chi connectivity index (χ1n) is 8.40. The Morgan fingerprint density at radius 2 is 1.96 bits per heavy atom. The lowest BCUT2D eigenvalue weighted by molar-refractivity contribution is -0.137. The standard InChI is InChI=1S/C18H28FN3O.ClH/c1-21(2)10-11-22(13-15-6-3-4-9-17(15)19)18(23)14-7-5-8-16(20)12-14;/h3-4,6,9,14,16H,5,7-8,10-13,20H2,1-2H3;1H. The summed E-state index contributed by atoms with van der Waals surface area (Å²) in [5, 5.41) is 0. The number of hydrogen-bond donors (Lipinski definition) is 1. The second-order valence-corrected chi connectivity index (χ2v) is 6.78. The van der Waals surface area contributed by atoms with Gasteiger partial charge in [-0.05, 0) is 39.4 Å². The quantitative estimate of drug-likeness (QED) is 0.851. The molecule has 0 aromatic heterocycles. The van der Waals surface area contributed by atoms with Crippen molar-refractivity contribution >= 4 is 18.3 Å². The van der Waals surface area contributed by atoms with Crippen molar-refractivity contribution in [2.75, 3.05) is 27.2 Å². The SMILES string of the molecule is CN(C)CCN(Cc1ccccc1F)C(=O)C1CCCC(N)C1.Cl. The van der Waals surface area contributed by atoms with Crippen LogP contribution in [-0.2, 0) is 11.3 Å². The van der Waals surface area contributed by atoms with Gasteiger partial charge in [0, 0.05) is 37.2 Å². The Hall–Kier alpha value is -1.17. The van der Waals surface area contributed by atoms with Gasteiger partial charge in [-0.25, -0.2) is 4.39 Å². The molecular weight excluding hydrogens is 329 g/mol. The fraction of sp³-hybridized carbons (Fsp3) is 0.611. The third-order valence-corrected chi connectivity index (χ3v) is 4.51. The molecule has 24 heavy (non-hydrogen) atoms. The molecule has 1 aliphatic carbocycles. The molecule has 0 radical (unpaired) electrons. The average molecular weight is 358 g/mol. The predicted octanol–water partition coefficient (Wildman–Crippen LogP) is 2.66. The number of rotatable bonds is 6. The number of benzene rings is 1. The molecule has 0 aliphatic heterocycles. The zero-order chi connectivity index (χ0) is 16.8. The van der Waals surface area contributed by atoms with E-state index in [1.165, 1.54) is 6.07 Å². The predicted molar refractivity (Wildman–Crippen MR) is 97.6 cm³/mol. The molecule has 2 N–H and O–H groups in total. The van der Waals surface area contributed by atoms with E-state index in [4.69, 9.17) is 5.73 Å². The van der Waals surface area contributed by atoms with Crippen LogP contribution in [0.2, 0.25) is 0 Å². The van der Waals surface area contributed by atoms with Gasteiger partial charge in [-0.2, -0.15) is 0 Å². The van der Waals surface area contributed by atoms with Crippen molar-refractivity contribution in [1.82, 2.24) is 9.80 Å². The highest BCUT2D eigenvalue weighted by atomic mass is 35.5. The van der Waals surface area contributed by atoms with Crippen LogP contribution in [0, 0.1) is 11.7 Å². The molecule has 6 heteroatoms. The number of nitrogens with zero attached hydrogens (tertiary/aromatic N) is 2. The van der Waals surface area contributed by atoms with Crippen LogP contribution in [0.15, 0.2) is 24.3 Å². The Labute approximate surface area is 150 Å². The number of halogens is 2. The molecule has 0 saturated heterocycles. The van der Waals surface area contributed by atoms with Crippen molar-refractivity contribution in [3.8, 4) is 0 Å². The minimum atomic E-state index is -0.254. The van der Waals surface area contributed by atoms with Gasteiger partial charge < -0.3 is 15.5 Å². The van der Waals surface area contributed by atoms with Gasteiger partial charge in [-0.3, -0.25) is 4.79 Å². The van der Waals surface area contributed by atoms with Crippen molar-refractivity contribution in [2.24, 2.45) is 11.7 Å². The lowest BCUT2D eigenvalue weighted by Gasteiger charge is -2.32. The number of hydrogen-bond acceptors (Lipinski definition) is 3. The topological polar surface area (TPSA) is 49.6 Å². The minimum Gasteiger partial charge on any atom is -0.337 e. The summed E-state index contributed by atoms with van der Waals surface area (Å²) in [4.78, 5) is 16.7. The van der Waals surface area contributed by atoms with E-state index in [9.17, 15) is 9.18 Å². The summed E-state index contributed by atoms with van der Waals surface area (Å²) in [6.45, 7) is 1.69. The Kier molecular flexibility index (Phi) is 8.67. The summed E-state index contributed by atoms with van der Waals surface area (Å²) in [6, 6.07) is 6.79. The second kappa shape index (κ2) is 9.97. The maximum Gasteiger partial charge on any atom is 0.226 e. The lowest BCUT2D eigenvalue weighted by atomic mass is 9.85. The molecule has 4 nitrogen and oxygen atoms in total. The first-order valence-corrected chi connectivity index (χ1v) is 8.40. The van der Waals surface area contributed by atoms with E-state index in [1.54, 1.807) is 17.0 Å². The van der Waals surface area contributed by atoms with Crippen molar-refractivity contribution in [2.45, 2.75) is 38.3 Å². The summed E-state index contributed by atoms with van der Waals surface area (Å²) < 4.78 is 13.9. The number of carbonyl (C=O) groups excluding carboxylic acids is 1. The van der Waals surface area contributed by atoms with Gasteiger partial charge >= 0.3 is 0 Å². The van der Waals surface area contributed by atoms with Gasteiger partial charge in [0.2, 0.25) is 5.91 Å². The normalized spacial score (nSPS) is 20.5. The Morgan fingerprint density at radius 1 is 1.25 bits per heavy atom. The van der Waals surface area contributed by atoms with Crippen molar-refractivity contribution in [3.05, 3.63) is 35.6 Å². The number of carbonyl (C=O) groups is 1. The maximum absolute atomic E-state index is 13.9. The third-order valence-electron chi connectivity index (χ3n) is 4.51. The van der Waals surface area contributed by atoms with E-state index in [0.29, 0.717) is 18.7 Å². The van der Waals surface area contributed by atoms with Crippen LogP contribution in [0.25, 0.3) is 0 Å². The summed E-state index contributed by atoms with van der Waals surface area (Å²) >= 11 is 0. The third kappa shape index (κ3) is 6.04. The largest absolute Gasteiger partial charge is 0.337 e. The van der Waals surface area contributed by atoms with E-state index in [-0.39, 0.29) is 36.1 Å². The van der Waals surface area contributed by atoms with E-state index in [0.717, 1.165) is 32.2 Å². The second-order valence-electron chi connectivity index (χ2n) is 6.78. The van der Waals surface area contributed by atoms with Gasteiger partial charge in [0.1, 0.15) is 5.82 Å². The van der Waals surface area contributed by atoms with E-state index in [2.05, 4.69) is 0 Å². The highest BCUT2D eigenvalue weighted by molar-refractivity contribution is 5.85. The molecule has 1 aromatic carbocycles. The van der Waals surface area contributed by atoms with Crippen LogP contribution < -0.4 is 5.73 Å². The molecule has 2 unspecified atom stereocenters. The first-order chi connectivity index (χ1) is 11.0. The van der Waals surface area contributed by atoms with Crippen LogP contribution in [0.4, 0.5) is 4.39 Å². The maximum atomic E-state index is 13.9. The van der Waals surface area contributed by atoms with E-state index >= 15 is 0 Å². The number of amides is 1. The number of nitrogens with two attached hydrogens (primary N) is 1. The van der Waals surface area contributed by atoms with Gasteiger partial charge in [-0.1, -0.05) is 24.6 Å². The summed E-state index contributed by atoms with van der Waals surface area (Å²) in [7, 11) is 3.95. The molecular formula is C18H29ClFN3O. The molecule has 1 saturated carbocycles. The zero-order valence-electron chi connectivity index (χ0n) is 14.6. The molecule has 2 atom stereocenters. The van der Waals surface area contributed by atoms with Crippen LogP contribution in [0.5, 0.6) is 0 Å². The summed E-state index contributed by atoms with van der Waals surface area (Å²) in [5.74, 6) is -0.159. The highest BCUT2D eigenvalue weighted by Gasteiger charge is 2.29. The van der Waals surface area contributed by atoms with Gasteiger partial charge in [-0.15, -0.1) is 12.4 Å². The Balaban J connectivity index is 0.00000288. The molecule has 0 spiro atoms. The molecule has 2 rings (SSSR count). The van der Waals surface area contributed by atoms with Crippen LogP contribution in [-0.4, -0.2) is 48.9 Å². The molecule has 0 heterocycles. The van der Waals surface area contributed by atoms with E-state index in [1.807, 2.05) is 25.1 Å². The molecule has 1 aliphatic rings. The Morgan fingerprint density at radius 3 is 2.58 bits per heavy atom. The van der Waals surface area contributed by atoms with Crippen molar-refractivity contribution in [1.29, 1.82) is 0 Å². The van der Waals surface area contributed by atoms with Crippen LogP contribution in [0.3, 0.4) is 0 Å². The Bertz CT molecular complexity index is 527. The van der Waals surface area contributed by atoms with Gasteiger partial charge in [0.05, 0.1) is 0 Å². The molecule has 0 bridgehead atoms. The summed E-state index contributed by atoms with van der Waals surface area (Å²) in [5.41, 5.74) is 6.59.